The summed E-state index contributed by atoms with van der Waals surface area (Å²) < 4.78 is 5.45. The minimum atomic E-state index is -0.396. The molecule has 4 nitrogen and oxygen atoms in total. The lowest BCUT2D eigenvalue weighted by molar-refractivity contribution is 0.0183. The fourth-order valence-electron chi connectivity index (χ4n) is 3.13. The average molecular weight is 310 g/mol. The van der Waals surface area contributed by atoms with Gasteiger partial charge in [0, 0.05) is 19.1 Å². The molecule has 1 atom stereocenters. The molecule has 1 aliphatic heterocycles. The number of hydrogen-bond acceptors (Lipinski definition) is 3. The van der Waals surface area contributed by atoms with Crippen molar-refractivity contribution >= 4 is 6.09 Å². The van der Waals surface area contributed by atoms with E-state index in [0.717, 1.165) is 38.4 Å². The summed E-state index contributed by atoms with van der Waals surface area (Å²) in [6, 6.07) is 0.691. The second-order valence-electron chi connectivity index (χ2n) is 8.10. The Morgan fingerprint density at radius 1 is 1.18 bits per heavy atom. The monoisotopic (exact) mass is 310 g/mol. The van der Waals surface area contributed by atoms with Crippen molar-refractivity contribution in [2.45, 2.75) is 77.9 Å². The van der Waals surface area contributed by atoms with Crippen LogP contribution in [0.25, 0.3) is 0 Å². The number of likely N-dealkylation sites (tertiary alicyclic amines) is 1. The number of carbonyl (C=O) groups is 1. The Hall–Kier alpha value is -0.770. The standard InChI is InChI=1S/C18H34N2O2/c1-5-16(12-14-6-7-14)19-13-15-8-10-20(11-9-15)17(21)22-18(2,3)4/h14-16,19H,5-13H2,1-4H3. The van der Waals surface area contributed by atoms with E-state index in [-0.39, 0.29) is 6.09 Å². The molecule has 1 unspecified atom stereocenters. The molecule has 2 rings (SSSR count). The first-order valence-corrected chi connectivity index (χ1v) is 9.08. The average Bonchev–Trinajstić information content (AvgIpc) is 3.26. The zero-order valence-corrected chi connectivity index (χ0v) is 14.9. The predicted octanol–water partition coefficient (Wildman–Crippen LogP) is 3.80. The van der Waals surface area contributed by atoms with Crippen LogP contribution in [0.1, 0.15) is 66.2 Å². The summed E-state index contributed by atoms with van der Waals surface area (Å²) in [7, 11) is 0. The molecule has 1 amide bonds. The molecule has 4 heteroatoms. The molecule has 1 saturated carbocycles. The van der Waals surface area contributed by atoms with Crippen LogP contribution in [0.2, 0.25) is 0 Å². The number of nitrogens with one attached hydrogen (secondary N) is 1. The van der Waals surface area contributed by atoms with Gasteiger partial charge in [-0.15, -0.1) is 0 Å². The van der Waals surface area contributed by atoms with Gasteiger partial charge < -0.3 is 15.0 Å². The number of amides is 1. The molecule has 0 aromatic rings. The van der Waals surface area contributed by atoms with Crippen molar-refractivity contribution in [3.05, 3.63) is 0 Å². The van der Waals surface area contributed by atoms with E-state index in [4.69, 9.17) is 4.74 Å². The summed E-state index contributed by atoms with van der Waals surface area (Å²) in [4.78, 5) is 13.9. The van der Waals surface area contributed by atoms with E-state index in [1.54, 1.807) is 0 Å². The molecule has 1 heterocycles. The Kier molecular flexibility index (Phi) is 6.13. The highest BCUT2D eigenvalue weighted by atomic mass is 16.6. The Labute approximate surface area is 136 Å². The van der Waals surface area contributed by atoms with Crippen LogP contribution in [0.4, 0.5) is 4.79 Å². The molecular formula is C18H34N2O2. The maximum absolute atomic E-state index is 12.0. The van der Waals surface area contributed by atoms with Gasteiger partial charge in [-0.3, -0.25) is 0 Å². The summed E-state index contributed by atoms with van der Waals surface area (Å²) in [5.74, 6) is 1.69. The first kappa shape index (κ1) is 17.6. The van der Waals surface area contributed by atoms with Crippen LogP contribution >= 0.6 is 0 Å². The van der Waals surface area contributed by atoms with Crippen LogP contribution in [0.3, 0.4) is 0 Å². The molecule has 1 N–H and O–H groups in total. The molecule has 0 aromatic heterocycles. The van der Waals surface area contributed by atoms with E-state index >= 15 is 0 Å². The van der Waals surface area contributed by atoms with Crippen molar-refractivity contribution in [1.29, 1.82) is 0 Å². The van der Waals surface area contributed by atoms with Crippen molar-refractivity contribution < 1.29 is 9.53 Å². The lowest BCUT2D eigenvalue weighted by Crippen LogP contribution is -2.44. The van der Waals surface area contributed by atoms with Gasteiger partial charge in [0.05, 0.1) is 0 Å². The van der Waals surface area contributed by atoms with Crippen LogP contribution in [-0.4, -0.2) is 42.3 Å². The Balaban J connectivity index is 1.64. The molecule has 2 aliphatic rings. The maximum Gasteiger partial charge on any atom is 0.410 e. The van der Waals surface area contributed by atoms with E-state index in [0.29, 0.717) is 12.0 Å². The van der Waals surface area contributed by atoms with Gasteiger partial charge in [0.2, 0.25) is 0 Å². The third-order valence-electron chi connectivity index (χ3n) is 4.77. The maximum atomic E-state index is 12.0. The largest absolute Gasteiger partial charge is 0.444 e. The highest BCUT2D eigenvalue weighted by molar-refractivity contribution is 5.68. The first-order valence-electron chi connectivity index (χ1n) is 9.08. The Bertz CT molecular complexity index is 353. The van der Waals surface area contributed by atoms with Crippen LogP contribution in [0.5, 0.6) is 0 Å². The van der Waals surface area contributed by atoms with Crippen LogP contribution in [0, 0.1) is 11.8 Å². The summed E-state index contributed by atoms with van der Waals surface area (Å²) in [5, 5.41) is 3.76. The minimum absolute atomic E-state index is 0.154. The van der Waals surface area contributed by atoms with E-state index < -0.39 is 5.60 Å². The normalized spacial score (nSPS) is 21.7. The van der Waals surface area contributed by atoms with Crippen molar-refractivity contribution in [3.63, 3.8) is 0 Å². The summed E-state index contributed by atoms with van der Waals surface area (Å²) >= 11 is 0. The highest BCUT2D eigenvalue weighted by Crippen LogP contribution is 2.34. The van der Waals surface area contributed by atoms with Gasteiger partial charge in [0.15, 0.2) is 0 Å². The SMILES string of the molecule is CCC(CC1CC1)NCC1CCN(C(=O)OC(C)(C)C)CC1. The number of carbonyl (C=O) groups excluding carboxylic acids is 1. The molecule has 0 bridgehead atoms. The molecule has 0 radical (unpaired) electrons. The quantitative estimate of drug-likeness (QED) is 0.811. The second-order valence-corrected chi connectivity index (χ2v) is 8.10. The zero-order chi connectivity index (χ0) is 16.2. The van der Waals surface area contributed by atoms with Crippen LogP contribution < -0.4 is 5.32 Å². The van der Waals surface area contributed by atoms with Crippen LogP contribution in [0.15, 0.2) is 0 Å². The Morgan fingerprint density at radius 3 is 2.32 bits per heavy atom. The van der Waals surface area contributed by atoms with Gasteiger partial charge in [-0.1, -0.05) is 19.8 Å². The minimum Gasteiger partial charge on any atom is -0.444 e. The van der Waals surface area contributed by atoms with Gasteiger partial charge in [-0.2, -0.15) is 0 Å². The molecule has 0 spiro atoms. The fraction of sp³-hybridized carbons (Fsp3) is 0.944. The number of hydrogen-bond donors (Lipinski definition) is 1. The molecule has 1 aliphatic carbocycles. The van der Waals surface area contributed by atoms with E-state index in [1.165, 1.54) is 25.7 Å². The smallest absolute Gasteiger partial charge is 0.410 e. The Morgan fingerprint density at radius 2 is 1.82 bits per heavy atom. The van der Waals surface area contributed by atoms with Gasteiger partial charge in [-0.05, 0) is 64.8 Å². The van der Waals surface area contributed by atoms with E-state index in [1.807, 2.05) is 25.7 Å². The topological polar surface area (TPSA) is 41.6 Å². The van der Waals surface area contributed by atoms with Crippen molar-refractivity contribution in [1.82, 2.24) is 10.2 Å². The van der Waals surface area contributed by atoms with E-state index in [9.17, 15) is 4.79 Å². The third kappa shape index (κ3) is 6.15. The van der Waals surface area contributed by atoms with Gasteiger partial charge >= 0.3 is 6.09 Å². The molecule has 0 aromatic carbocycles. The third-order valence-corrected chi connectivity index (χ3v) is 4.77. The summed E-state index contributed by atoms with van der Waals surface area (Å²) in [5.41, 5.74) is -0.396. The van der Waals surface area contributed by atoms with Crippen molar-refractivity contribution in [2.24, 2.45) is 11.8 Å². The van der Waals surface area contributed by atoms with Crippen molar-refractivity contribution in [2.75, 3.05) is 19.6 Å². The second kappa shape index (κ2) is 7.67. The lowest BCUT2D eigenvalue weighted by Gasteiger charge is -2.34. The number of nitrogens with zero attached hydrogens (tertiary/aromatic N) is 1. The predicted molar refractivity (Wildman–Crippen MR) is 90.0 cm³/mol. The molecule has 2 fully saturated rings. The number of ether oxygens (including phenoxy) is 1. The van der Waals surface area contributed by atoms with Gasteiger partial charge in [0.25, 0.3) is 0 Å². The van der Waals surface area contributed by atoms with Crippen molar-refractivity contribution in [3.8, 4) is 0 Å². The summed E-state index contributed by atoms with van der Waals surface area (Å²) in [6.07, 6.45) is 7.48. The number of piperidine rings is 1. The first-order chi connectivity index (χ1) is 10.4. The van der Waals surface area contributed by atoms with Crippen LogP contribution in [-0.2, 0) is 4.74 Å². The highest BCUT2D eigenvalue weighted by Gasteiger charge is 2.28. The number of rotatable bonds is 6. The molecular weight excluding hydrogens is 276 g/mol. The fourth-order valence-corrected chi connectivity index (χ4v) is 3.13. The van der Waals surface area contributed by atoms with Gasteiger partial charge in [-0.25, -0.2) is 4.79 Å². The van der Waals surface area contributed by atoms with E-state index in [2.05, 4.69) is 12.2 Å². The summed E-state index contributed by atoms with van der Waals surface area (Å²) in [6.45, 7) is 10.8. The zero-order valence-electron chi connectivity index (χ0n) is 14.9. The van der Waals surface area contributed by atoms with Gasteiger partial charge in [0.1, 0.15) is 5.60 Å². The molecule has 1 saturated heterocycles. The molecule has 128 valence electrons. The lowest BCUT2D eigenvalue weighted by atomic mass is 9.96. The molecule has 22 heavy (non-hydrogen) atoms.